The number of aromatic nitrogens is 2. The molecule has 0 saturated heterocycles. The summed E-state index contributed by atoms with van der Waals surface area (Å²) >= 11 is 1.43. The van der Waals surface area contributed by atoms with E-state index in [9.17, 15) is 4.79 Å². The van der Waals surface area contributed by atoms with Gasteiger partial charge in [0.15, 0.2) is 0 Å². The number of nitrogens with zero attached hydrogens (tertiary/aromatic N) is 2. The number of hydrogen-bond donors (Lipinski definition) is 1. The van der Waals surface area contributed by atoms with Gasteiger partial charge in [-0.1, -0.05) is 0 Å². The number of carbonyl (C=O) groups is 1. The Morgan fingerprint density at radius 2 is 2.21 bits per heavy atom. The Hall–Kier alpha value is -1.75. The van der Waals surface area contributed by atoms with Crippen molar-refractivity contribution in [1.29, 1.82) is 0 Å². The van der Waals surface area contributed by atoms with Gasteiger partial charge in [-0.2, -0.15) is 0 Å². The summed E-state index contributed by atoms with van der Waals surface area (Å²) in [4.78, 5) is 19.2. The van der Waals surface area contributed by atoms with Crippen molar-refractivity contribution < 1.29 is 4.79 Å². The number of carbonyl (C=O) groups excluding carboxylic acids is 1. The molecule has 0 aliphatic carbocycles. The van der Waals surface area contributed by atoms with Gasteiger partial charge in [0.25, 0.3) is 5.91 Å². The van der Waals surface area contributed by atoms with Crippen molar-refractivity contribution in [3.63, 3.8) is 0 Å². The van der Waals surface area contributed by atoms with E-state index in [1.54, 1.807) is 24.5 Å². The number of rotatable bonds is 2. The van der Waals surface area contributed by atoms with Gasteiger partial charge in [0, 0.05) is 17.8 Å². The van der Waals surface area contributed by atoms with E-state index in [1.807, 2.05) is 5.38 Å². The maximum absolute atomic E-state index is 11.1. The molecule has 2 rings (SSSR count). The largest absolute Gasteiger partial charge is 0.366 e. The van der Waals surface area contributed by atoms with E-state index in [0.717, 1.165) is 0 Å². The van der Waals surface area contributed by atoms with Crippen molar-refractivity contribution in [1.82, 2.24) is 9.97 Å². The minimum Gasteiger partial charge on any atom is -0.366 e. The molecule has 2 N–H and O–H groups in total. The molecule has 0 fully saturated rings. The van der Waals surface area contributed by atoms with Crippen LogP contribution >= 0.6 is 11.3 Å². The summed E-state index contributed by atoms with van der Waals surface area (Å²) < 4.78 is 0. The average molecular weight is 205 g/mol. The predicted molar refractivity (Wildman–Crippen MR) is 53.9 cm³/mol. The zero-order chi connectivity index (χ0) is 9.97. The molecule has 0 radical (unpaired) electrons. The molecule has 0 aromatic carbocycles. The van der Waals surface area contributed by atoms with Crippen molar-refractivity contribution in [3.8, 4) is 10.7 Å². The second-order valence-electron chi connectivity index (χ2n) is 2.60. The Labute approximate surface area is 84.4 Å². The average Bonchev–Trinajstić information content (AvgIpc) is 2.70. The maximum atomic E-state index is 11.1. The number of hydrogen-bond acceptors (Lipinski definition) is 4. The SMILES string of the molecule is NC(=O)c1cccnc1-c1nccs1. The van der Waals surface area contributed by atoms with Crippen molar-refractivity contribution >= 4 is 17.2 Å². The summed E-state index contributed by atoms with van der Waals surface area (Å²) in [6.45, 7) is 0. The van der Waals surface area contributed by atoms with Crippen LogP contribution in [0.1, 0.15) is 10.4 Å². The van der Waals surface area contributed by atoms with Crippen molar-refractivity contribution in [2.24, 2.45) is 5.73 Å². The molecular weight excluding hydrogens is 198 g/mol. The van der Waals surface area contributed by atoms with Gasteiger partial charge in [0.1, 0.15) is 10.7 Å². The van der Waals surface area contributed by atoms with Gasteiger partial charge in [0.2, 0.25) is 0 Å². The first-order chi connectivity index (χ1) is 6.79. The molecular formula is C9H7N3OS. The molecule has 0 aliphatic heterocycles. The minimum absolute atomic E-state index is 0.405. The normalized spacial score (nSPS) is 10.0. The molecule has 5 heteroatoms. The van der Waals surface area contributed by atoms with E-state index in [-0.39, 0.29) is 0 Å². The van der Waals surface area contributed by atoms with Crippen LogP contribution in [0.3, 0.4) is 0 Å². The highest BCUT2D eigenvalue weighted by atomic mass is 32.1. The Morgan fingerprint density at radius 3 is 2.86 bits per heavy atom. The van der Waals surface area contributed by atoms with Crippen LogP contribution in [-0.4, -0.2) is 15.9 Å². The summed E-state index contributed by atoms with van der Waals surface area (Å²) in [7, 11) is 0. The second-order valence-corrected chi connectivity index (χ2v) is 3.50. The molecule has 2 heterocycles. The highest BCUT2D eigenvalue weighted by Crippen LogP contribution is 2.22. The van der Waals surface area contributed by atoms with Crippen molar-refractivity contribution in [2.75, 3.05) is 0 Å². The molecule has 0 saturated carbocycles. The van der Waals surface area contributed by atoms with Crippen molar-refractivity contribution in [2.45, 2.75) is 0 Å². The van der Waals surface area contributed by atoms with Crippen LogP contribution in [-0.2, 0) is 0 Å². The van der Waals surface area contributed by atoms with Crippen LogP contribution in [0, 0.1) is 0 Å². The lowest BCUT2D eigenvalue weighted by Crippen LogP contribution is -2.12. The monoisotopic (exact) mass is 205 g/mol. The zero-order valence-corrected chi connectivity index (χ0v) is 7.99. The fourth-order valence-electron chi connectivity index (χ4n) is 1.11. The number of pyridine rings is 1. The van der Waals surface area contributed by atoms with Gasteiger partial charge in [-0.3, -0.25) is 9.78 Å². The smallest absolute Gasteiger partial charge is 0.251 e. The fourth-order valence-corrected chi connectivity index (χ4v) is 1.76. The maximum Gasteiger partial charge on any atom is 0.251 e. The first kappa shape index (κ1) is 8.83. The fraction of sp³-hybridized carbons (Fsp3) is 0. The van der Waals surface area contributed by atoms with Crippen LogP contribution < -0.4 is 5.73 Å². The summed E-state index contributed by atoms with van der Waals surface area (Å²) in [5.74, 6) is -0.483. The van der Waals surface area contributed by atoms with Gasteiger partial charge in [-0.25, -0.2) is 4.98 Å². The lowest BCUT2D eigenvalue weighted by atomic mass is 10.2. The molecule has 0 unspecified atom stereocenters. The molecule has 0 atom stereocenters. The Kier molecular flexibility index (Phi) is 2.24. The molecule has 14 heavy (non-hydrogen) atoms. The standard InChI is InChI=1S/C9H7N3OS/c10-8(13)6-2-1-3-11-7(6)9-12-4-5-14-9/h1-5H,(H2,10,13). The van der Waals surface area contributed by atoms with Gasteiger partial charge < -0.3 is 5.73 Å². The van der Waals surface area contributed by atoms with E-state index in [1.165, 1.54) is 11.3 Å². The van der Waals surface area contributed by atoms with E-state index in [4.69, 9.17) is 5.73 Å². The van der Waals surface area contributed by atoms with Crippen LogP contribution in [0.25, 0.3) is 10.7 Å². The molecule has 2 aromatic rings. The summed E-state index contributed by atoms with van der Waals surface area (Å²) in [5.41, 5.74) is 6.17. The minimum atomic E-state index is -0.483. The van der Waals surface area contributed by atoms with Gasteiger partial charge in [-0.05, 0) is 12.1 Å². The van der Waals surface area contributed by atoms with Crippen molar-refractivity contribution in [3.05, 3.63) is 35.5 Å². The zero-order valence-electron chi connectivity index (χ0n) is 7.18. The molecule has 1 amide bonds. The van der Waals surface area contributed by atoms with E-state index in [2.05, 4.69) is 9.97 Å². The van der Waals surface area contributed by atoms with Gasteiger partial charge in [-0.15, -0.1) is 11.3 Å². The summed E-state index contributed by atoms with van der Waals surface area (Å²) in [6.07, 6.45) is 3.28. The topological polar surface area (TPSA) is 68.9 Å². The third-order valence-corrected chi connectivity index (χ3v) is 2.49. The second kappa shape index (κ2) is 3.55. The number of primary amides is 1. The van der Waals surface area contributed by atoms with Crippen LogP contribution in [0.4, 0.5) is 0 Å². The third kappa shape index (κ3) is 1.49. The molecule has 2 aromatic heterocycles. The number of amides is 1. The third-order valence-electron chi connectivity index (χ3n) is 1.71. The van der Waals surface area contributed by atoms with Crippen LogP contribution in [0.15, 0.2) is 29.9 Å². The Balaban J connectivity index is 2.58. The number of nitrogens with two attached hydrogens (primary N) is 1. The molecule has 0 aliphatic rings. The molecule has 0 spiro atoms. The van der Waals surface area contributed by atoms with Crippen LogP contribution in [0.2, 0.25) is 0 Å². The molecule has 70 valence electrons. The lowest BCUT2D eigenvalue weighted by molar-refractivity contribution is 0.100. The summed E-state index contributed by atoms with van der Waals surface area (Å²) in [6, 6.07) is 3.32. The lowest BCUT2D eigenvalue weighted by Gasteiger charge is -2.00. The van der Waals surface area contributed by atoms with Gasteiger partial charge in [0.05, 0.1) is 5.56 Å². The Morgan fingerprint density at radius 1 is 1.36 bits per heavy atom. The highest BCUT2D eigenvalue weighted by molar-refractivity contribution is 7.13. The Bertz CT molecular complexity index is 453. The van der Waals surface area contributed by atoms with Crippen LogP contribution in [0.5, 0.6) is 0 Å². The van der Waals surface area contributed by atoms with E-state index < -0.39 is 5.91 Å². The van der Waals surface area contributed by atoms with Gasteiger partial charge >= 0.3 is 0 Å². The quantitative estimate of drug-likeness (QED) is 0.803. The molecule has 4 nitrogen and oxygen atoms in total. The first-order valence-corrected chi connectivity index (χ1v) is 4.81. The van der Waals surface area contributed by atoms with E-state index in [0.29, 0.717) is 16.3 Å². The highest BCUT2D eigenvalue weighted by Gasteiger charge is 2.11. The number of thiazole rings is 1. The molecule has 0 bridgehead atoms. The predicted octanol–water partition coefficient (Wildman–Crippen LogP) is 1.30. The first-order valence-electron chi connectivity index (χ1n) is 3.93. The summed E-state index contributed by atoms with van der Waals surface area (Å²) in [5, 5.41) is 2.54. The van der Waals surface area contributed by atoms with E-state index >= 15 is 0 Å².